The van der Waals surface area contributed by atoms with Gasteiger partial charge in [0, 0.05) is 12.3 Å². The topological polar surface area (TPSA) is 121 Å². The number of pyridine rings is 2. The fourth-order valence-electron chi connectivity index (χ4n) is 3.14. The summed E-state index contributed by atoms with van der Waals surface area (Å²) in [6.45, 7) is 7.87. The number of hydrogen-bond donors (Lipinski definition) is 3. The predicted molar refractivity (Wildman–Crippen MR) is 117 cm³/mol. The van der Waals surface area contributed by atoms with Gasteiger partial charge in [-0.05, 0) is 52.3 Å². The van der Waals surface area contributed by atoms with Crippen molar-refractivity contribution in [2.24, 2.45) is 0 Å². The van der Waals surface area contributed by atoms with Gasteiger partial charge in [0.25, 0.3) is 0 Å². The van der Waals surface area contributed by atoms with Crippen LogP contribution in [0.3, 0.4) is 0 Å². The molecule has 1 fully saturated rings. The summed E-state index contributed by atoms with van der Waals surface area (Å²) < 4.78 is 25.5. The van der Waals surface area contributed by atoms with Gasteiger partial charge in [0.15, 0.2) is 17.5 Å². The molecule has 1 aliphatic rings. The molecule has 0 bridgehead atoms. The number of carbonyl (C=O) groups excluding carboxylic acids is 1. The SMILES string of the molecule is Cc1ccc(Nc2nc(N[C@@H]3CCOC[C@@H]3NC(=O)OC(C)(C)C)c(F)cc2C#N)cn1. The summed E-state index contributed by atoms with van der Waals surface area (Å²) in [6.07, 6.45) is 1.54. The van der Waals surface area contributed by atoms with Crippen LogP contribution < -0.4 is 16.0 Å². The van der Waals surface area contributed by atoms with Crippen LogP contribution in [-0.2, 0) is 9.47 Å². The number of hydrogen-bond acceptors (Lipinski definition) is 8. The standard InChI is InChI=1S/C22H27FN6O3/c1-13-5-6-15(11-25-13)26-19-14(10-24)9-16(23)20(29-19)27-17-7-8-31-12-18(17)28-21(30)32-22(2,3)4/h5-6,9,11,17-18H,7-8,12H2,1-4H3,(H,28,30)(H2,26,27,29)/t17-,18+/m1/s1. The van der Waals surface area contributed by atoms with Crippen LogP contribution in [0.5, 0.6) is 0 Å². The minimum absolute atomic E-state index is 0.0329. The molecular formula is C22H27FN6O3. The van der Waals surface area contributed by atoms with Crippen LogP contribution in [0.4, 0.5) is 26.5 Å². The molecule has 10 heteroatoms. The van der Waals surface area contributed by atoms with Gasteiger partial charge in [-0.2, -0.15) is 5.26 Å². The predicted octanol–water partition coefficient (Wildman–Crippen LogP) is 3.63. The van der Waals surface area contributed by atoms with Crippen molar-refractivity contribution >= 4 is 23.4 Å². The maximum Gasteiger partial charge on any atom is 0.408 e. The van der Waals surface area contributed by atoms with Gasteiger partial charge in [0.05, 0.1) is 36.1 Å². The second-order valence-electron chi connectivity index (χ2n) is 8.51. The number of carbonyl (C=O) groups is 1. The summed E-state index contributed by atoms with van der Waals surface area (Å²) in [7, 11) is 0. The highest BCUT2D eigenvalue weighted by Gasteiger charge is 2.30. The summed E-state index contributed by atoms with van der Waals surface area (Å²) >= 11 is 0. The van der Waals surface area contributed by atoms with E-state index in [9.17, 15) is 14.4 Å². The molecular weight excluding hydrogens is 415 g/mol. The van der Waals surface area contributed by atoms with Crippen molar-refractivity contribution in [2.75, 3.05) is 23.8 Å². The minimum Gasteiger partial charge on any atom is -0.444 e. The summed E-state index contributed by atoms with van der Waals surface area (Å²) in [6, 6.07) is 5.87. The molecule has 1 aliphatic heterocycles. The molecule has 3 N–H and O–H groups in total. The first-order chi connectivity index (χ1) is 15.1. The largest absolute Gasteiger partial charge is 0.444 e. The number of amides is 1. The van der Waals surface area contributed by atoms with Crippen molar-refractivity contribution in [1.82, 2.24) is 15.3 Å². The quantitative estimate of drug-likeness (QED) is 0.642. The molecule has 32 heavy (non-hydrogen) atoms. The average Bonchev–Trinajstić information content (AvgIpc) is 2.71. The first-order valence-electron chi connectivity index (χ1n) is 10.3. The van der Waals surface area contributed by atoms with E-state index in [4.69, 9.17) is 9.47 Å². The van der Waals surface area contributed by atoms with Crippen molar-refractivity contribution in [2.45, 2.75) is 51.8 Å². The Morgan fingerprint density at radius 1 is 1.31 bits per heavy atom. The number of rotatable bonds is 5. The van der Waals surface area contributed by atoms with E-state index in [1.165, 1.54) is 0 Å². The highest BCUT2D eigenvalue weighted by Crippen LogP contribution is 2.25. The minimum atomic E-state index is -0.670. The van der Waals surface area contributed by atoms with Crippen LogP contribution in [0.15, 0.2) is 24.4 Å². The van der Waals surface area contributed by atoms with Crippen molar-refractivity contribution in [1.29, 1.82) is 5.26 Å². The van der Waals surface area contributed by atoms with Gasteiger partial charge < -0.3 is 25.4 Å². The van der Waals surface area contributed by atoms with Crippen molar-refractivity contribution in [3.8, 4) is 6.07 Å². The lowest BCUT2D eigenvalue weighted by Gasteiger charge is -2.33. The number of nitrogens with one attached hydrogen (secondary N) is 3. The normalized spacial score (nSPS) is 18.4. The smallest absolute Gasteiger partial charge is 0.408 e. The average molecular weight is 442 g/mol. The molecule has 3 rings (SSSR count). The van der Waals surface area contributed by atoms with Crippen LogP contribution in [0.2, 0.25) is 0 Å². The van der Waals surface area contributed by atoms with E-state index in [1.54, 1.807) is 33.0 Å². The zero-order valence-electron chi connectivity index (χ0n) is 18.5. The monoisotopic (exact) mass is 442 g/mol. The molecule has 0 saturated carbocycles. The number of halogens is 1. The number of aromatic nitrogens is 2. The molecule has 0 aliphatic carbocycles. The molecule has 2 atom stereocenters. The molecule has 0 unspecified atom stereocenters. The maximum absolute atomic E-state index is 14.7. The number of aryl methyl sites for hydroxylation is 1. The molecule has 3 heterocycles. The molecule has 0 aromatic carbocycles. The fourth-order valence-corrected chi connectivity index (χ4v) is 3.14. The van der Waals surface area contributed by atoms with Crippen LogP contribution in [0.1, 0.15) is 38.4 Å². The van der Waals surface area contributed by atoms with E-state index in [0.717, 1.165) is 11.8 Å². The Bertz CT molecular complexity index is 1000. The molecule has 0 spiro atoms. The lowest BCUT2D eigenvalue weighted by molar-refractivity contribution is 0.0317. The number of alkyl carbamates (subject to hydrolysis) is 1. The Morgan fingerprint density at radius 3 is 2.75 bits per heavy atom. The van der Waals surface area contributed by atoms with E-state index in [2.05, 4.69) is 25.9 Å². The lowest BCUT2D eigenvalue weighted by atomic mass is 10.0. The molecule has 0 radical (unpaired) electrons. The van der Waals surface area contributed by atoms with Gasteiger partial charge in [-0.3, -0.25) is 4.98 Å². The second kappa shape index (κ2) is 9.78. The zero-order chi connectivity index (χ0) is 23.3. The highest BCUT2D eigenvalue weighted by molar-refractivity contribution is 5.68. The Hall–Kier alpha value is -3.45. The first kappa shape index (κ1) is 23.2. The maximum atomic E-state index is 14.7. The van der Waals surface area contributed by atoms with E-state index in [0.29, 0.717) is 18.7 Å². The Morgan fingerprint density at radius 2 is 2.09 bits per heavy atom. The Labute approximate surface area is 186 Å². The molecule has 170 valence electrons. The van der Waals surface area contributed by atoms with E-state index < -0.39 is 23.6 Å². The number of anilines is 3. The Balaban J connectivity index is 1.79. The third kappa shape index (κ3) is 6.28. The summed E-state index contributed by atoms with van der Waals surface area (Å²) in [4.78, 5) is 20.7. The van der Waals surface area contributed by atoms with Gasteiger partial charge in [-0.15, -0.1) is 0 Å². The number of ether oxygens (including phenoxy) is 2. The zero-order valence-corrected chi connectivity index (χ0v) is 18.5. The number of nitrogens with zero attached hydrogens (tertiary/aromatic N) is 3. The summed E-state index contributed by atoms with van der Waals surface area (Å²) in [5.74, 6) is -0.503. The van der Waals surface area contributed by atoms with E-state index in [-0.39, 0.29) is 29.8 Å². The molecule has 1 saturated heterocycles. The van der Waals surface area contributed by atoms with Crippen molar-refractivity contribution in [3.63, 3.8) is 0 Å². The molecule has 9 nitrogen and oxygen atoms in total. The van der Waals surface area contributed by atoms with Crippen LogP contribution in [0, 0.1) is 24.1 Å². The fraction of sp³-hybridized carbons (Fsp3) is 0.455. The lowest BCUT2D eigenvalue weighted by Crippen LogP contribution is -2.53. The van der Waals surface area contributed by atoms with E-state index in [1.807, 2.05) is 19.1 Å². The van der Waals surface area contributed by atoms with Crippen molar-refractivity contribution < 1.29 is 18.7 Å². The van der Waals surface area contributed by atoms with Gasteiger partial charge in [-0.25, -0.2) is 14.2 Å². The van der Waals surface area contributed by atoms with Crippen LogP contribution in [-0.4, -0.2) is 47.0 Å². The van der Waals surface area contributed by atoms with Gasteiger partial charge in [-0.1, -0.05) is 0 Å². The molecule has 1 amide bonds. The van der Waals surface area contributed by atoms with E-state index >= 15 is 0 Å². The third-order valence-corrected chi connectivity index (χ3v) is 4.65. The van der Waals surface area contributed by atoms with Crippen LogP contribution in [0.25, 0.3) is 0 Å². The molecule has 2 aromatic heterocycles. The van der Waals surface area contributed by atoms with Gasteiger partial charge in [0.1, 0.15) is 11.7 Å². The van der Waals surface area contributed by atoms with Crippen LogP contribution >= 0.6 is 0 Å². The van der Waals surface area contributed by atoms with Gasteiger partial charge >= 0.3 is 6.09 Å². The third-order valence-electron chi connectivity index (χ3n) is 4.65. The first-order valence-corrected chi connectivity index (χ1v) is 10.3. The summed E-state index contributed by atoms with van der Waals surface area (Å²) in [5, 5.41) is 18.2. The summed E-state index contributed by atoms with van der Waals surface area (Å²) in [5.41, 5.74) is 0.875. The van der Waals surface area contributed by atoms with Crippen molar-refractivity contribution in [3.05, 3.63) is 41.5 Å². The van der Waals surface area contributed by atoms with Gasteiger partial charge in [0.2, 0.25) is 0 Å². The Kier molecular flexibility index (Phi) is 7.10. The number of nitriles is 1. The molecule has 2 aromatic rings. The highest BCUT2D eigenvalue weighted by atomic mass is 19.1. The second-order valence-corrected chi connectivity index (χ2v) is 8.51.